The van der Waals surface area contributed by atoms with E-state index >= 15 is 0 Å². The SMILES string of the molecule is Cc1cc(Br)cc(C)c1N1CCCC(NC(=O)C(=O)Nc2ccc3c(c2)CCC(=O)N3Cc2ccc(Cl)cc2)C1=O. The van der Waals surface area contributed by atoms with Crippen LogP contribution in [0.4, 0.5) is 17.1 Å². The van der Waals surface area contributed by atoms with Crippen molar-refractivity contribution >= 4 is 68.2 Å². The van der Waals surface area contributed by atoms with Crippen molar-refractivity contribution in [3.8, 4) is 0 Å². The predicted molar refractivity (Wildman–Crippen MR) is 163 cm³/mol. The first-order valence-electron chi connectivity index (χ1n) is 13.5. The van der Waals surface area contributed by atoms with E-state index in [-0.39, 0.29) is 11.8 Å². The van der Waals surface area contributed by atoms with Crippen LogP contribution in [0.1, 0.15) is 41.5 Å². The van der Waals surface area contributed by atoms with Crippen LogP contribution in [-0.4, -0.2) is 36.2 Å². The minimum absolute atomic E-state index is 0.0170. The van der Waals surface area contributed by atoms with E-state index in [4.69, 9.17) is 11.6 Å². The Morgan fingerprint density at radius 2 is 1.68 bits per heavy atom. The number of benzene rings is 3. The molecular weight excluding hydrogens is 608 g/mol. The van der Waals surface area contributed by atoms with E-state index in [1.807, 2.05) is 38.1 Å². The van der Waals surface area contributed by atoms with Gasteiger partial charge in [-0.2, -0.15) is 0 Å². The van der Waals surface area contributed by atoms with Gasteiger partial charge in [-0.15, -0.1) is 0 Å². The van der Waals surface area contributed by atoms with Gasteiger partial charge in [-0.3, -0.25) is 19.2 Å². The van der Waals surface area contributed by atoms with Crippen LogP contribution in [0.25, 0.3) is 0 Å². The third-order valence-electron chi connectivity index (χ3n) is 7.47. The van der Waals surface area contributed by atoms with Gasteiger partial charge in [0.2, 0.25) is 11.8 Å². The van der Waals surface area contributed by atoms with Crippen molar-refractivity contribution in [1.29, 1.82) is 0 Å². The van der Waals surface area contributed by atoms with Gasteiger partial charge in [0, 0.05) is 39.5 Å². The number of aryl methyl sites for hydroxylation is 3. The first-order valence-corrected chi connectivity index (χ1v) is 14.7. The van der Waals surface area contributed by atoms with Crippen LogP contribution in [0.2, 0.25) is 5.02 Å². The minimum atomic E-state index is -0.869. The molecule has 0 saturated carbocycles. The number of nitrogens with zero attached hydrogens (tertiary/aromatic N) is 2. The highest BCUT2D eigenvalue weighted by Gasteiger charge is 2.33. The Morgan fingerprint density at radius 3 is 2.39 bits per heavy atom. The zero-order chi connectivity index (χ0) is 29.3. The molecule has 1 saturated heterocycles. The van der Waals surface area contributed by atoms with Gasteiger partial charge in [0.25, 0.3) is 0 Å². The van der Waals surface area contributed by atoms with Crippen LogP contribution in [0.3, 0.4) is 0 Å². The van der Waals surface area contributed by atoms with E-state index < -0.39 is 17.9 Å². The lowest BCUT2D eigenvalue weighted by Crippen LogP contribution is -2.54. The number of fused-ring (bicyclic) bond motifs is 1. The summed E-state index contributed by atoms with van der Waals surface area (Å²) < 4.78 is 0.935. The summed E-state index contributed by atoms with van der Waals surface area (Å²) in [5.74, 6) is -1.93. The highest BCUT2D eigenvalue weighted by Crippen LogP contribution is 2.33. The largest absolute Gasteiger partial charge is 0.336 e. The topological polar surface area (TPSA) is 98.8 Å². The summed E-state index contributed by atoms with van der Waals surface area (Å²) in [5, 5.41) is 5.91. The zero-order valence-electron chi connectivity index (χ0n) is 22.8. The Bertz CT molecular complexity index is 1520. The summed E-state index contributed by atoms with van der Waals surface area (Å²) in [6.45, 7) is 4.85. The summed E-state index contributed by atoms with van der Waals surface area (Å²) in [5.41, 5.74) is 5.80. The van der Waals surface area contributed by atoms with Crippen molar-refractivity contribution in [3.63, 3.8) is 0 Å². The second-order valence-corrected chi connectivity index (χ2v) is 11.8. The highest BCUT2D eigenvalue weighted by molar-refractivity contribution is 9.10. The molecule has 0 radical (unpaired) electrons. The predicted octanol–water partition coefficient (Wildman–Crippen LogP) is 5.45. The molecular formula is C31H30BrClN4O4. The number of halogens is 2. The average Bonchev–Trinajstić information content (AvgIpc) is 2.93. The molecule has 2 heterocycles. The number of nitrogens with one attached hydrogen (secondary N) is 2. The molecule has 0 aromatic heterocycles. The van der Waals surface area contributed by atoms with Gasteiger partial charge in [-0.05, 0) is 97.8 Å². The van der Waals surface area contributed by atoms with Crippen molar-refractivity contribution in [3.05, 3.63) is 86.3 Å². The van der Waals surface area contributed by atoms with Crippen molar-refractivity contribution in [1.82, 2.24) is 5.32 Å². The molecule has 0 bridgehead atoms. The number of carbonyl (C=O) groups excluding carboxylic acids is 4. The van der Waals surface area contributed by atoms with Gasteiger partial charge in [-0.1, -0.05) is 39.7 Å². The van der Waals surface area contributed by atoms with Crippen LogP contribution < -0.4 is 20.4 Å². The fraction of sp³-hybridized carbons (Fsp3) is 0.290. The molecule has 8 nitrogen and oxygen atoms in total. The van der Waals surface area contributed by atoms with Gasteiger partial charge in [0.05, 0.1) is 6.54 Å². The number of piperidine rings is 1. The molecule has 1 unspecified atom stereocenters. The fourth-order valence-electron chi connectivity index (χ4n) is 5.56. The van der Waals surface area contributed by atoms with E-state index in [0.29, 0.717) is 49.5 Å². The van der Waals surface area contributed by atoms with Gasteiger partial charge >= 0.3 is 11.8 Å². The molecule has 5 rings (SSSR count). The Morgan fingerprint density at radius 1 is 0.976 bits per heavy atom. The normalized spacial score (nSPS) is 16.8. The maximum absolute atomic E-state index is 13.3. The number of hydrogen-bond donors (Lipinski definition) is 2. The lowest BCUT2D eigenvalue weighted by Gasteiger charge is -2.34. The van der Waals surface area contributed by atoms with Gasteiger partial charge in [0.15, 0.2) is 0 Å². The van der Waals surface area contributed by atoms with E-state index in [1.165, 1.54) is 0 Å². The van der Waals surface area contributed by atoms with Crippen LogP contribution in [0.15, 0.2) is 59.1 Å². The van der Waals surface area contributed by atoms with E-state index in [1.54, 1.807) is 40.1 Å². The van der Waals surface area contributed by atoms with Crippen LogP contribution in [0, 0.1) is 13.8 Å². The van der Waals surface area contributed by atoms with E-state index in [9.17, 15) is 19.2 Å². The third kappa shape index (κ3) is 6.31. The lowest BCUT2D eigenvalue weighted by atomic mass is 9.99. The molecule has 4 amide bonds. The molecule has 1 atom stereocenters. The third-order valence-corrected chi connectivity index (χ3v) is 8.18. The quantitative estimate of drug-likeness (QED) is 0.364. The lowest BCUT2D eigenvalue weighted by molar-refractivity contribution is -0.138. The second kappa shape index (κ2) is 12.0. The summed E-state index contributed by atoms with van der Waals surface area (Å²) in [6, 6.07) is 15.7. The van der Waals surface area contributed by atoms with Gasteiger partial charge in [-0.25, -0.2) is 0 Å². The molecule has 2 aliphatic heterocycles. The van der Waals surface area contributed by atoms with Crippen molar-refractivity contribution in [2.24, 2.45) is 0 Å². The molecule has 212 valence electrons. The highest BCUT2D eigenvalue weighted by atomic mass is 79.9. The van der Waals surface area contributed by atoms with Crippen molar-refractivity contribution in [2.45, 2.75) is 52.1 Å². The second-order valence-electron chi connectivity index (χ2n) is 10.5. The summed E-state index contributed by atoms with van der Waals surface area (Å²) >= 11 is 9.48. The molecule has 41 heavy (non-hydrogen) atoms. The number of rotatable bonds is 5. The van der Waals surface area contributed by atoms with Crippen LogP contribution in [0.5, 0.6) is 0 Å². The summed E-state index contributed by atoms with van der Waals surface area (Å²) in [6.07, 6.45) is 2.03. The van der Waals surface area contributed by atoms with Crippen molar-refractivity contribution < 1.29 is 19.2 Å². The Labute approximate surface area is 252 Å². The van der Waals surface area contributed by atoms with E-state index in [2.05, 4.69) is 26.6 Å². The summed E-state index contributed by atoms with van der Waals surface area (Å²) in [4.78, 5) is 55.1. The Balaban J connectivity index is 1.25. The first kappa shape index (κ1) is 28.8. The van der Waals surface area contributed by atoms with Crippen molar-refractivity contribution in [2.75, 3.05) is 21.7 Å². The smallest absolute Gasteiger partial charge is 0.313 e. The molecule has 1 fully saturated rings. The van der Waals surface area contributed by atoms with Gasteiger partial charge < -0.3 is 20.4 Å². The number of hydrogen-bond acceptors (Lipinski definition) is 4. The molecule has 2 aliphatic rings. The van der Waals surface area contributed by atoms with Gasteiger partial charge in [0.1, 0.15) is 6.04 Å². The Hall–Kier alpha value is -3.69. The standard InChI is InChI=1S/C31H30BrClN4O4/c1-18-14-22(32)15-19(2)28(18)36-13-3-4-25(31(36)41)35-30(40)29(39)34-24-10-11-26-21(16-24)7-12-27(38)37(26)17-20-5-8-23(33)9-6-20/h5-6,8-11,14-16,25H,3-4,7,12-13,17H2,1-2H3,(H,34,39)(H,35,40). The number of anilines is 3. The number of amides is 4. The first-order chi connectivity index (χ1) is 19.6. The molecule has 3 aromatic rings. The van der Waals surface area contributed by atoms with Crippen LogP contribution in [-0.2, 0) is 32.1 Å². The van der Waals surface area contributed by atoms with E-state index in [0.717, 1.165) is 38.1 Å². The average molecular weight is 638 g/mol. The minimum Gasteiger partial charge on any atom is -0.336 e. The monoisotopic (exact) mass is 636 g/mol. The molecule has 3 aromatic carbocycles. The Kier molecular flexibility index (Phi) is 8.47. The molecule has 10 heteroatoms. The maximum Gasteiger partial charge on any atom is 0.313 e. The summed E-state index contributed by atoms with van der Waals surface area (Å²) in [7, 11) is 0. The maximum atomic E-state index is 13.3. The molecule has 0 aliphatic carbocycles. The number of carbonyl (C=O) groups is 4. The zero-order valence-corrected chi connectivity index (χ0v) is 25.1. The van der Waals surface area contributed by atoms with Crippen LogP contribution >= 0.6 is 27.5 Å². The molecule has 0 spiro atoms. The fourth-order valence-corrected chi connectivity index (χ4v) is 6.37. The molecule has 2 N–H and O–H groups in total.